The maximum Gasteiger partial charge on any atom is 0.374 e. The SMILES string of the molecule is CC(C)OC(=O)c1ccc(COc2cc(O)c3c(=O)cc(-c4ccccc4)oc3c2)o1. The number of carbonyl (C=O) groups excluding carboxylic acids is 1. The van der Waals surface area contributed by atoms with E-state index in [1.54, 1.807) is 19.9 Å². The van der Waals surface area contributed by atoms with E-state index in [1.807, 2.05) is 30.3 Å². The molecule has 31 heavy (non-hydrogen) atoms. The highest BCUT2D eigenvalue weighted by Crippen LogP contribution is 2.31. The van der Waals surface area contributed by atoms with Crippen LogP contribution >= 0.6 is 0 Å². The summed E-state index contributed by atoms with van der Waals surface area (Å²) in [5, 5.41) is 10.4. The van der Waals surface area contributed by atoms with Crippen molar-refractivity contribution in [2.24, 2.45) is 0 Å². The van der Waals surface area contributed by atoms with Crippen LogP contribution in [0.5, 0.6) is 11.5 Å². The number of aromatic hydroxyl groups is 1. The van der Waals surface area contributed by atoms with E-state index in [4.69, 9.17) is 18.3 Å². The molecule has 0 aliphatic carbocycles. The Bertz CT molecular complexity index is 1280. The van der Waals surface area contributed by atoms with Gasteiger partial charge in [0, 0.05) is 23.8 Å². The van der Waals surface area contributed by atoms with Gasteiger partial charge in [0.25, 0.3) is 0 Å². The van der Waals surface area contributed by atoms with E-state index in [-0.39, 0.29) is 46.4 Å². The molecule has 2 aromatic heterocycles. The molecule has 0 saturated carbocycles. The molecule has 0 spiro atoms. The van der Waals surface area contributed by atoms with Gasteiger partial charge in [0.2, 0.25) is 5.76 Å². The van der Waals surface area contributed by atoms with Gasteiger partial charge in [-0.1, -0.05) is 30.3 Å². The first-order valence-corrected chi connectivity index (χ1v) is 9.69. The molecule has 0 aliphatic heterocycles. The van der Waals surface area contributed by atoms with Crippen molar-refractivity contribution in [2.75, 3.05) is 0 Å². The fourth-order valence-corrected chi connectivity index (χ4v) is 3.06. The third-order valence-corrected chi connectivity index (χ3v) is 4.43. The molecule has 0 aliphatic rings. The van der Waals surface area contributed by atoms with E-state index in [0.29, 0.717) is 11.5 Å². The summed E-state index contributed by atoms with van der Waals surface area (Å²) >= 11 is 0. The van der Waals surface area contributed by atoms with Gasteiger partial charge in [-0.25, -0.2) is 4.79 Å². The van der Waals surface area contributed by atoms with Crippen LogP contribution in [-0.4, -0.2) is 17.2 Å². The lowest BCUT2D eigenvalue weighted by molar-refractivity contribution is 0.0337. The number of hydrogen-bond acceptors (Lipinski definition) is 7. The highest BCUT2D eigenvalue weighted by Gasteiger charge is 2.16. The Kier molecular flexibility index (Phi) is 5.49. The van der Waals surface area contributed by atoms with Crippen LogP contribution in [0.1, 0.15) is 30.2 Å². The Morgan fingerprint density at radius 1 is 1.03 bits per heavy atom. The van der Waals surface area contributed by atoms with Gasteiger partial charge >= 0.3 is 5.97 Å². The number of ether oxygens (including phenoxy) is 2. The molecule has 0 amide bonds. The van der Waals surface area contributed by atoms with Crippen molar-refractivity contribution in [1.82, 2.24) is 0 Å². The van der Waals surface area contributed by atoms with Gasteiger partial charge in [-0.3, -0.25) is 4.79 Å². The zero-order chi connectivity index (χ0) is 22.0. The van der Waals surface area contributed by atoms with Crippen LogP contribution in [0, 0.1) is 0 Å². The number of fused-ring (bicyclic) bond motifs is 1. The predicted molar refractivity (Wildman–Crippen MR) is 113 cm³/mol. The quantitative estimate of drug-likeness (QED) is 0.443. The minimum absolute atomic E-state index is 0.00249. The smallest absolute Gasteiger partial charge is 0.374 e. The summed E-state index contributed by atoms with van der Waals surface area (Å²) in [7, 11) is 0. The van der Waals surface area contributed by atoms with Gasteiger partial charge in [-0.15, -0.1) is 0 Å². The lowest BCUT2D eigenvalue weighted by Gasteiger charge is -2.09. The molecule has 1 N–H and O–H groups in total. The second-order valence-electron chi connectivity index (χ2n) is 7.17. The predicted octanol–water partition coefficient (Wildman–Crippen LogP) is 4.90. The molecule has 0 unspecified atom stereocenters. The summed E-state index contributed by atoms with van der Waals surface area (Å²) in [4.78, 5) is 24.4. The van der Waals surface area contributed by atoms with Gasteiger partial charge < -0.3 is 23.4 Å². The molecule has 0 saturated heterocycles. The number of benzene rings is 2. The second-order valence-corrected chi connectivity index (χ2v) is 7.17. The van der Waals surface area contributed by atoms with E-state index in [9.17, 15) is 14.7 Å². The normalized spacial score (nSPS) is 11.1. The van der Waals surface area contributed by atoms with Crippen molar-refractivity contribution < 1.29 is 28.2 Å². The molecule has 0 bridgehead atoms. The summed E-state index contributed by atoms with van der Waals surface area (Å²) < 4.78 is 22.1. The van der Waals surface area contributed by atoms with Gasteiger partial charge in [0.05, 0.1) is 6.10 Å². The Morgan fingerprint density at radius 2 is 1.81 bits per heavy atom. The van der Waals surface area contributed by atoms with E-state index < -0.39 is 5.97 Å². The topological polar surface area (TPSA) is 99.1 Å². The minimum Gasteiger partial charge on any atom is -0.507 e. The lowest BCUT2D eigenvalue weighted by Crippen LogP contribution is -2.10. The zero-order valence-corrected chi connectivity index (χ0v) is 17.0. The number of phenols is 1. The lowest BCUT2D eigenvalue weighted by atomic mass is 10.1. The molecule has 7 nitrogen and oxygen atoms in total. The minimum atomic E-state index is -0.556. The maximum atomic E-state index is 12.5. The molecule has 158 valence electrons. The van der Waals surface area contributed by atoms with E-state index in [2.05, 4.69) is 0 Å². The van der Waals surface area contributed by atoms with Gasteiger partial charge in [-0.2, -0.15) is 0 Å². The van der Waals surface area contributed by atoms with E-state index in [0.717, 1.165) is 5.56 Å². The first kappa shape index (κ1) is 20.3. The molecular weight excluding hydrogens is 400 g/mol. The van der Waals surface area contributed by atoms with E-state index >= 15 is 0 Å². The largest absolute Gasteiger partial charge is 0.507 e. The maximum absolute atomic E-state index is 12.5. The fourth-order valence-electron chi connectivity index (χ4n) is 3.06. The highest BCUT2D eigenvalue weighted by atomic mass is 16.6. The monoisotopic (exact) mass is 420 g/mol. The standard InChI is InChI=1S/C24H20O7/c1-14(2)29-24(27)20-9-8-16(30-20)13-28-17-10-18(25)23-19(26)12-21(31-22(23)11-17)15-6-4-3-5-7-15/h3-12,14,25H,13H2,1-2H3. The summed E-state index contributed by atoms with van der Waals surface area (Å²) in [6.45, 7) is 3.50. The number of esters is 1. The average Bonchev–Trinajstić information content (AvgIpc) is 3.21. The van der Waals surface area contributed by atoms with Crippen molar-refractivity contribution in [3.8, 4) is 22.8 Å². The first-order valence-electron chi connectivity index (χ1n) is 9.69. The molecule has 4 rings (SSSR count). The number of carbonyl (C=O) groups is 1. The van der Waals surface area contributed by atoms with Crippen molar-refractivity contribution >= 4 is 16.9 Å². The molecule has 0 fully saturated rings. The van der Waals surface area contributed by atoms with Crippen LogP contribution in [0.3, 0.4) is 0 Å². The summed E-state index contributed by atoms with van der Waals surface area (Å²) in [5.74, 6) is 0.332. The highest BCUT2D eigenvalue weighted by molar-refractivity contribution is 5.87. The number of hydrogen-bond donors (Lipinski definition) is 1. The second kappa shape index (κ2) is 8.39. The van der Waals surface area contributed by atoms with Gasteiger partial charge in [0.15, 0.2) is 5.43 Å². The fraction of sp³-hybridized carbons (Fsp3) is 0.167. The van der Waals surface area contributed by atoms with Crippen molar-refractivity contribution in [3.05, 3.63) is 82.4 Å². The van der Waals surface area contributed by atoms with Crippen molar-refractivity contribution in [3.63, 3.8) is 0 Å². The van der Waals surface area contributed by atoms with Crippen LogP contribution in [0.25, 0.3) is 22.3 Å². The van der Waals surface area contributed by atoms with Gasteiger partial charge in [-0.05, 0) is 26.0 Å². The molecular formula is C24H20O7. The molecule has 0 atom stereocenters. The number of rotatable bonds is 6. The number of phenolic OH excluding ortho intramolecular Hbond substituents is 1. The summed E-state index contributed by atoms with van der Waals surface area (Å²) in [5.41, 5.74) is 0.578. The van der Waals surface area contributed by atoms with Crippen LogP contribution in [0.2, 0.25) is 0 Å². The van der Waals surface area contributed by atoms with Gasteiger partial charge in [0.1, 0.15) is 40.6 Å². The van der Waals surface area contributed by atoms with Crippen LogP contribution in [0.4, 0.5) is 0 Å². The van der Waals surface area contributed by atoms with Crippen molar-refractivity contribution in [1.29, 1.82) is 0 Å². The summed E-state index contributed by atoms with van der Waals surface area (Å²) in [6, 6.07) is 16.5. The molecule has 2 aromatic carbocycles. The Balaban J connectivity index is 1.58. The number of furan rings is 1. The average molecular weight is 420 g/mol. The Hall–Kier alpha value is -4.00. The Labute approximate surface area is 177 Å². The molecule has 2 heterocycles. The van der Waals surface area contributed by atoms with Crippen LogP contribution < -0.4 is 10.2 Å². The van der Waals surface area contributed by atoms with E-state index in [1.165, 1.54) is 24.3 Å². The third kappa shape index (κ3) is 4.45. The van der Waals surface area contributed by atoms with Crippen LogP contribution in [0.15, 0.2) is 74.3 Å². The van der Waals surface area contributed by atoms with Crippen LogP contribution in [-0.2, 0) is 11.3 Å². The third-order valence-electron chi connectivity index (χ3n) is 4.43. The zero-order valence-electron chi connectivity index (χ0n) is 17.0. The van der Waals surface area contributed by atoms with Crippen molar-refractivity contribution in [2.45, 2.75) is 26.6 Å². The Morgan fingerprint density at radius 3 is 2.55 bits per heavy atom. The molecule has 0 radical (unpaired) electrons. The summed E-state index contributed by atoms with van der Waals surface area (Å²) in [6.07, 6.45) is -0.256. The molecule has 4 aromatic rings. The first-order chi connectivity index (χ1) is 14.9. The molecule has 7 heteroatoms.